The van der Waals surface area contributed by atoms with Crippen LogP contribution in [0.1, 0.15) is 40.4 Å². The van der Waals surface area contributed by atoms with Crippen LogP contribution in [0.5, 0.6) is 0 Å². The van der Waals surface area contributed by atoms with Crippen molar-refractivity contribution in [2.75, 3.05) is 20.1 Å². The van der Waals surface area contributed by atoms with Gasteiger partial charge in [0.2, 0.25) is 5.91 Å². The molecular formula is C22H26N6O2. The molecule has 0 unspecified atom stereocenters. The lowest BCUT2D eigenvalue weighted by Gasteiger charge is -2.32. The average Bonchev–Trinajstić information content (AvgIpc) is 3.46. The standard InChI is InChI=1S/C22H26N6O2/c1-26(15-17-6-3-2-4-7-17)22(30)19-14-23-25-21(19)18-8-12-27(13-9-18)20(29)16-28-11-5-10-24-28/h2-7,10-11,14,18H,8-9,12-13,15-16H2,1H3,(H,23,25). The van der Waals surface area contributed by atoms with Gasteiger partial charge in [0.15, 0.2) is 0 Å². The second-order valence-corrected chi connectivity index (χ2v) is 7.70. The molecule has 0 atom stereocenters. The molecule has 1 saturated heterocycles. The summed E-state index contributed by atoms with van der Waals surface area (Å²) in [4.78, 5) is 29.1. The van der Waals surface area contributed by atoms with Crippen molar-refractivity contribution < 1.29 is 9.59 Å². The summed E-state index contributed by atoms with van der Waals surface area (Å²) in [7, 11) is 1.81. The number of rotatable bonds is 6. The van der Waals surface area contributed by atoms with E-state index in [-0.39, 0.29) is 24.3 Å². The Hall–Kier alpha value is -3.42. The van der Waals surface area contributed by atoms with Gasteiger partial charge in [-0.1, -0.05) is 30.3 Å². The van der Waals surface area contributed by atoms with Crippen LogP contribution in [-0.2, 0) is 17.9 Å². The maximum Gasteiger partial charge on any atom is 0.257 e. The van der Waals surface area contributed by atoms with E-state index in [1.54, 1.807) is 28.2 Å². The van der Waals surface area contributed by atoms with Gasteiger partial charge >= 0.3 is 0 Å². The number of carbonyl (C=O) groups is 2. The number of piperidine rings is 1. The van der Waals surface area contributed by atoms with Crippen LogP contribution in [0.25, 0.3) is 0 Å². The zero-order valence-corrected chi connectivity index (χ0v) is 17.1. The first-order valence-electron chi connectivity index (χ1n) is 10.2. The molecule has 8 nitrogen and oxygen atoms in total. The van der Waals surface area contributed by atoms with E-state index in [9.17, 15) is 9.59 Å². The molecule has 0 saturated carbocycles. The fourth-order valence-electron chi connectivity index (χ4n) is 3.96. The molecule has 1 aliphatic rings. The molecule has 156 valence electrons. The fourth-order valence-corrected chi connectivity index (χ4v) is 3.96. The Balaban J connectivity index is 1.36. The van der Waals surface area contributed by atoms with Gasteiger partial charge in [0, 0.05) is 45.0 Å². The highest BCUT2D eigenvalue weighted by molar-refractivity contribution is 5.95. The van der Waals surface area contributed by atoms with Crippen molar-refractivity contribution >= 4 is 11.8 Å². The van der Waals surface area contributed by atoms with Gasteiger partial charge in [-0.15, -0.1) is 0 Å². The van der Waals surface area contributed by atoms with Crippen molar-refractivity contribution in [3.63, 3.8) is 0 Å². The number of hydrogen-bond donors (Lipinski definition) is 1. The first kappa shape index (κ1) is 19.9. The van der Waals surface area contributed by atoms with Gasteiger partial charge in [0.05, 0.1) is 17.5 Å². The molecule has 0 aliphatic carbocycles. The van der Waals surface area contributed by atoms with Crippen molar-refractivity contribution in [1.82, 2.24) is 29.8 Å². The Morgan fingerprint density at radius 1 is 1.17 bits per heavy atom. The summed E-state index contributed by atoms with van der Waals surface area (Å²) in [5.41, 5.74) is 2.58. The summed E-state index contributed by atoms with van der Waals surface area (Å²) in [6.07, 6.45) is 6.68. The van der Waals surface area contributed by atoms with E-state index in [2.05, 4.69) is 15.3 Å². The highest BCUT2D eigenvalue weighted by Crippen LogP contribution is 2.29. The molecule has 0 radical (unpaired) electrons. The molecule has 1 aromatic carbocycles. The molecule has 2 aromatic heterocycles. The highest BCUT2D eigenvalue weighted by Gasteiger charge is 2.29. The Bertz CT molecular complexity index is 974. The molecule has 3 heterocycles. The number of aromatic nitrogens is 4. The molecule has 1 aliphatic heterocycles. The normalized spacial score (nSPS) is 14.6. The lowest BCUT2D eigenvalue weighted by atomic mass is 9.91. The van der Waals surface area contributed by atoms with Crippen LogP contribution in [-0.4, -0.2) is 61.7 Å². The summed E-state index contributed by atoms with van der Waals surface area (Å²) in [5.74, 6) is 0.214. The van der Waals surface area contributed by atoms with Gasteiger partial charge in [-0.25, -0.2) is 0 Å². The van der Waals surface area contributed by atoms with Crippen molar-refractivity contribution in [3.8, 4) is 0 Å². The van der Waals surface area contributed by atoms with Crippen molar-refractivity contribution in [2.45, 2.75) is 31.8 Å². The van der Waals surface area contributed by atoms with E-state index in [0.717, 1.165) is 24.1 Å². The first-order valence-corrected chi connectivity index (χ1v) is 10.2. The number of benzene rings is 1. The third-order valence-electron chi connectivity index (χ3n) is 5.62. The maximum absolute atomic E-state index is 13.0. The number of amides is 2. The van der Waals surface area contributed by atoms with E-state index in [0.29, 0.717) is 25.2 Å². The van der Waals surface area contributed by atoms with E-state index >= 15 is 0 Å². The van der Waals surface area contributed by atoms with E-state index in [1.165, 1.54) is 0 Å². The Morgan fingerprint density at radius 2 is 1.93 bits per heavy atom. The zero-order chi connectivity index (χ0) is 20.9. The lowest BCUT2D eigenvalue weighted by Crippen LogP contribution is -2.40. The summed E-state index contributed by atoms with van der Waals surface area (Å²) in [6, 6.07) is 11.7. The minimum absolute atomic E-state index is 0.0419. The fraction of sp³-hybridized carbons (Fsp3) is 0.364. The van der Waals surface area contributed by atoms with E-state index in [1.807, 2.05) is 48.3 Å². The van der Waals surface area contributed by atoms with Crippen LogP contribution in [0, 0.1) is 0 Å². The van der Waals surface area contributed by atoms with Gasteiger partial charge in [0.25, 0.3) is 5.91 Å². The maximum atomic E-state index is 13.0. The third kappa shape index (κ3) is 4.42. The molecule has 30 heavy (non-hydrogen) atoms. The molecule has 4 rings (SSSR count). The minimum atomic E-state index is -0.0419. The van der Waals surface area contributed by atoms with Crippen molar-refractivity contribution in [2.24, 2.45) is 0 Å². The Morgan fingerprint density at radius 3 is 2.63 bits per heavy atom. The molecule has 1 N–H and O–H groups in total. The van der Waals surface area contributed by atoms with Crippen molar-refractivity contribution in [3.05, 3.63) is 71.8 Å². The highest BCUT2D eigenvalue weighted by atomic mass is 16.2. The molecule has 0 spiro atoms. The smallest absolute Gasteiger partial charge is 0.257 e. The molecule has 3 aromatic rings. The van der Waals surface area contributed by atoms with Gasteiger partial charge in [-0.05, 0) is 24.5 Å². The van der Waals surface area contributed by atoms with Gasteiger partial charge < -0.3 is 9.80 Å². The molecule has 1 fully saturated rings. The van der Waals surface area contributed by atoms with Crippen LogP contribution in [0.2, 0.25) is 0 Å². The monoisotopic (exact) mass is 406 g/mol. The number of nitrogens with zero attached hydrogens (tertiary/aromatic N) is 5. The van der Waals surface area contributed by atoms with Crippen LogP contribution >= 0.6 is 0 Å². The molecule has 0 bridgehead atoms. The topological polar surface area (TPSA) is 87.1 Å². The van der Waals surface area contributed by atoms with Crippen molar-refractivity contribution in [1.29, 1.82) is 0 Å². The van der Waals surface area contributed by atoms with Crippen LogP contribution in [0.4, 0.5) is 0 Å². The van der Waals surface area contributed by atoms with Gasteiger partial charge in [-0.3, -0.25) is 19.4 Å². The van der Waals surface area contributed by atoms with Crippen LogP contribution in [0.15, 0.2) is 55.0 Å². The largest absolute Gasteiger partial charge is 0.341 e. The van der Waals surface area contributed by atoms with Gasteiger partial charge in [-0.2, -0.15) is 10.2 Å². The van der Waals surface area contributed by atoms with E-state index < -0.39 is 0 Å². The lowest BCUT2D eigenvalue weighted by molar-refractivity contribution is -0.133. The number of carbonyl (C=O) groups excluding carboxylic acids is 2. The summed E-state index contributed by atoms with van der Waals surface area (Å²) in [5, 5.41) is 11.3. The number of nitrogens with one attached hydrogen (secondary N) is 1. The molecular weight excluding hydrogens is 380 g/mol. The average molecular weight is 406 g/mol. The van der Waals surface area contributed by atoms with E-state index in [4.69, 9.17) is 0 Å². The van der Waals surface area contributed by atoms with Crippen LogP contribution in [0.3, 0.4) is 0 Å². The second-order valence-electron chi connectivity index (χ2n) is 7.70. The summed E-state index contributed by atoms with van der Waals surface area (Å²) >= 11 is 0. The first-order chi connectivity index (χ1) is 14.6. The quantitative estimate of drug-likeness (QED) is 0.680. The summed E-state index contributed by atoms with van der Waals surface area (Å²) in [6.45, 7) is 2.13. The second kappa shape index (κ2) is 8.94. The predicted octanol–water partition coefficient (Wildman–Crippen LogP) is 2.28. The number of H-pyrrole nitrogens is 1. The Kier molecular flexibility index (Phi) is 5.92. The molecule has 8 heteroatoms. The Labute approximate surface area is 175 Å². The van der Waals surface area contributed by atoms with Crippen LogP contribution < -0.4 is 0 Å². The SMILES string of the molecule is CN(Cc1ccccc1)C(=O)c1cn[nH]c1C1CCN(C(=O)Cn2cccn2)CC1. The number of likely N-dealkylation sites (tertiary alicyclic amines) is 1. The zero-order valence-electron chi connectivity index (χ0n) is 17.1. The minimum Gasteiger partial charge on any atom is -0.341 e. The number of aromatic amines is 1. The number of hydrogen-bond acceptors (Lipinski definition) is 4. The predicted molar refractivity (Wildman–Crippen MR) is 112 cm³/mol. The van der Waals surface area contributed by atoms with Gasteiger partial charge in [0.1, 0.15) is 6.54 Å². The third-order valence-corrected chi connectivity index (χ3v) is 5.62. The molecule has 2 amide bonds. The summed E-state index contributed by atoms with van der Waals surface area (Å²) < 4.78 is 1.64.